The normalized spacial score (nSPS) is 10.7. The molecule has 1 aliphatic rings. The summed E-state index contributed by atoms with van der Waals surface area (Å²) in [4.78, 5) is 36.1. The molecule has 6 heteroatoms. The maximum absolute atomic E-state index is 12.0. The number of esters is 3. The predicted octanol–water partition coefficient (Wildman–Crippen LogP) is 8.56. The maximum atomic E-state index is 12.0. The molecule has 0 amide bonds. The Morgan fingerprint density at radius 2 is 0.537 bits per heavy atom. The molecule has 6 nitrogen and oxygen atoms in total. The van der Waals surface area contributed by atoms with Crippen molar-refractivity contribution in [3.8, 4) is 68.9 Å². The van der Waals surface area contributed by atoms with Crippen molar-refractivity contribution in [1.29, 1.82) is 0 Å². The van der Waals surface area contributed by atoms with E-state index in [1.54, 1.807) is 36.4 Å². The number of carbonyl (C=O) groups is 3. The SMILES string of the molecule is COC(=O)c1ccc(-c2ccc3c(c2)C#Cc2ccc(-c4ccc(C(=O)OC)cc4)cc2C#Cc2cc(-c4ccc(C(=O)OC)cc4)ccc2C#C3)cc1. The molecule has 54 heavy (non-hydrogen) atoms. The van der Waals surface area contributed by atoms with E-state index in [1.165, 1.54) is 21.3 Å². The van der Waals surface area contributed by atoms with Crippen LogP contribution in [0.5, 0.6) is 0 Å². The fourth-order valence-corrected chi connectivity index (χ4v) is 5.96. The third-order valence-corrected chi connectivity index (χ3v) is 8.97. The highest BCUT2D eigenvalue weighted by Gasteiger charge is 2.11. The van der Waals surface area contributed by atoms with Crippen molar-refractivity contribution < 1.29 is 28.6 Å². The van der Waals surface area contributed by atoms with Crippen molar-refractivity contribution in [2.45, 2.75) is 0 Å². The molecule has 0 unspecified atom stereocenters. The lowest BCUT2D eigenvalue weighted by molar-refractivity contribution is 0.0592. The molecule has 0 spiro atoms. The summed E-state index contributed by atoms with van der Waals surface area (Å²) in [6.07, 6.45) is 0. The van der Waals surface area contributed by atoms with Crippen LogP contribution in [0, 0.1) is 35.5 Å². The van der Waals surface area contributed by atoms with Crippen LogP contribution in [-0.2, 0) is 14.2 Å². The minimum atomic E-state index is -0.401. The summed E-state index contributed by atoms with van der Waals surface area (Å²) in [5.74, 6) is 19.0. The first kappa shape index (κ1) is 34.8. The first-order chi connectivity index (χ1) is 26.3. The third kappa shape index (κ3) is 7.39. The highest BCUT2D eigenvalue weighted by molar-refractivity contribution is 5.91. The second-order valence-electron chi connectivity index (χ2n) is 12.2. The molecule has 7 rings (SSSR count). The van der Waals surface area contributed by atoms with Gasteiger partial charge in [-0.15, -0.1) is 0 Å². The van der Waals surface area contributed by atoms with Gasteiger partial charge in [0.15, 0.2) is 0 Å². The fraction of sp³-hybridized carbons (Fsp3) is 0.0625. The van der Waals surface area contributed by atoms with E-state index in [9.17, 15) is 14.4 Å². The van der Waals surface area contributed by atoms with E-state index >= 15 is 0 Å². The van der Waals surface area contributed by atoms with Crippen LogP contribution in [0.25, 0.3) is 33.4 Å². The quantitative estimate of drug-likeness (QED) is 0.0982. The number of hydrogen-bond acceptors (Lipinski definition) is 6. The lowest BCUT2D eigenvalue weighted by Gasteiger charge is -2.08. The molecule has 0 fully saturated rings. The van der Waals surface area contributed by atoms with Crippen molar-refractivity contribution in [3.63, 3.8) is 0 Å². The van der Waals surface area contributed by atoms with Gasteiger partial charge in [0.2, 0.25) is 0 Å². The van der Waals surface area contributed by atoms with Gasteiger partial charge >= 0.3 is 17.9 Å². The second kappa shape index (κ2) is 15.3. The lowest BCUT2D eigenvalue weighted by Crippen LogP contribution is -2.00. The van der Waals surface area contributed by atoms with Gasteiger partial charge in [-0.2, -0.15) is 0 Å². The molecule has 0 saturated heterocycles. The molecule has 0 aliphatic heterocycles. The van der Waals surface area contributed by atoms with Gasteiger partial charge in [0.1, 0.15) is 0 Å². The summed E-state index contributed by atoms with van der Waals surface area (Å²) in [6.45, 7) is 0. The molecule has 1 aliphatic carbocycles. The van der Waals surface area contributed by atoms with E-state index in [4.69, 9.17) is 14.2 Å². The first-order valence-electron chi connectivity index (χ1n) is 16.9. The highest BCUT2D eigenvalue weighted by atomic mass is 16.5. The Balaban J connectivity index is 1.36. The van der Waals surface area contributed by atoms with Crippen molar-refractivity contribution in [1.82, 2.24) is 0 Å². The van der Waals surface area contributed by atoms with Gasteiger partial charge in [-0.25, -0.2) is 14.4 Å². The molecule has 0 atom stereocenters. The van der Waals surface area contributed by atoms with Crippen molar-refractivity contribution in [2.24, 2.45) is 0 Å². The topological polar surface area (TPSA) is 78.9 Å². The predicted molar refractivity (Wildman–Crippen MR) is 208 cm³/mol. The monoisotopic (exact) mass is 702 g/mol. The summed E-state index contributed by atoms with van der Waals surface area (Å²) in [6, 6.07) is 39.5. The van der Waals surface area contributed by atoms with Crippen LogP contribution in [0.3, 0.4) is 0 Å². The van der Waals surface area contributed by atoms with E-state index in [-0.39, 0.29) is 0 Å². The Morgan fingerprint density at radius 1 is 0.315 bits per heavy atom. The minimum absolute atomic E-state index is 0.396. The Morgan fingerprint density at radius 3 is 0.778 bits per heavy atom. The van der Waals surface area contributed by atoms with E-state index in [0.29, 0.717) is 16.7 Å². The number of carbonyl (C=O) groups excluding carboxylic acids is 3. The zero-order valence-corrected chi connectivity index (χ0v) is 29.6. The summed E-state index contributed by atoms with van der Waals surface area (Å²) in [7, 11) is 4.07. The summed E-state index contributed by atoms with van der Waals surface area (Å²) >= 11 is 0. The van der Waals surface area contributed by atoms with E-state index in [0.717, 1.165) is 66.8 Å². The maximum Gasteiger partial charge on any atom is 0.337 e. The molecule has 0 heterocycles. The molecular weight excluding hydrogens is 673 g/mol. The largest absolute Gasteiger partial charge is 0.465 e. The molecule has 0 N–H and O–H groups in total. The molecular formula is C48H30O6. The van der Waals surface area contributed by atoms with Crippen LogP contribution in [-0.4, -0.2) is 39.2 Å². The highest BCUT2D eigenvalue weighted by Crippen LogP contribution is 2.27. The number of fused-ring (bicyclic) bond motifs is 3. The Labute approximate surface area is 313 Å². The number of methoxy groups -OCH3 is 3. The molecule has 0 radical (unpaired) electrons. The lowest BCUT2D eigenvalue weighted by atomic mass is 9.95. The fourth-order valence-electron chi connectivity index (χ4n) is 5.96. The Hall–Kier alpha value is -7.59. The smallest absolute Gasteiger partial charge is 0.337 e. The standard InChI is InChI=1S/C48H30O6/c1-52-46(49)37-16-6-33(7-17-37)41-22-12-31-4-5-32-13-23-42(34-8-18-38(19-9-34)47(50)53-2)29-44(32)26-27-45-30-43(25-15-36(45)14-24-40(31)28-41)35-10-20-39(21-11-35)48(51)54-3/h6-13,15-23,25,28-30H,1-3H3. The average Bonchev–Trinajstić information content (AvgIpc) is 3.23. The average molecular weight is 703 g/mol. The zero-order chi connectivity index (χ0) is 37.6. The van der Waals surface area contributed by atoms with Crippen LogP contribution in [0.2, 0.25) is 0 Å². The van der Waals surface area contributed by atoms with Crippen LogP contribution >= 0.6 is 0 Å². The molecule has 0 saturated carbocycles. The second-order valence-corrected chi connectivity index (χ2v) is 12.2. The summed E-state index contributed by atoms with van der Waals surface area (Å²) in [5.41, 5.74) is 11.3. The summed E-state index contributed by atoms with van der Waals surface area (Å²) < 4.78 is 14.6. The molecule has 0 bridgehead atoms. The van der Waals surface area contributed by atoms with Crippen molar-refractivity contribution in [3.05, 3.63) is 177 Å². The van der Waals surface area contributed by atoms with Crippen LogP contribution in [0.4, 0.5) is 0 Å². The molecule has 258 valence electrons. The van der Waals surface area contributed by atoms with Crippen molar-refractivity contribution in [2.75, 3.05) is 21.3 Å². The zero-order valence-electron chi connectivity index (χ0n) is 29.6. The van der Waals surface area contributed by atoms with Gasteiger partial charge in [-0.05, 0) is 106 Å². The van der Waals surface area contributed by atoms with Gasteiger partial charge in [-0.3, -0.25) is 0 Å². The molecule has 6 aromatic carbocycles. The molecule has 6 aromatic rings. The van der Waals surface area contributed by atoms with Crippen molar-refractivity contribution >= 4 is 17.9 Å². The number of benzene rings is 6. The van der Waals surface area contributed by atoms with Gasteiger partial charge in [0, 0.05) is 33.4 Å². The van der Waals surface area contributed by atoms with Gasteiger partial charge in [0.05, 0.1) is 38.0 Å². The van der Waals surface area contributed by atoms with Gasteiger partial charge < -0.3 is 14.2 Å². The first-order valence-corrected chi connectivity index (χ1v) is 16.9. The van der Waals surface area contributed by atoms with E-state index in [2.05, 4.69) is 35.5 Å². The van der Waals surface area contributed by atoms with E-state index < -0.39 is 17.9 Å². The third-order valence-electron chi connectivity index (χ3n) is 8.97. The van der Waals surface area contributed by atoms with Gasteiger partial charge in [-0.1, -0.05) is 90.1 Å². The number of ether oxygens (including phenoxy) is 3. The van der Waals surface area contributed by atoms with E-state index in [1.807, 2.05) is 91.0 Å². The number of rotatable bonds is 6. The summed E-state index contributed by atoms with van der Waals surface area (Å²) in [5, 5.41) is 0. The number of hydrogen-bond donors (Lipinski definition) is 0. The minimum Gasteiger partial charge on any atom is -0.465 e. The van der Waals surface area contributed by atoms with Crippen LogP contribution < -0.4 is 0 Å². The Bertz CT molecular complexity index is 2650. The van der Waals surface area contributed by atoms with Gasteiger partial charge in [0.25, 0.3) is 0 Å². The van der Waals surface area contributed by atoms with Crippen LogP contribution in [0.15, 0.2) is 127 Å². The molecule has 0 aromatic heterocycles. The van der Waals surface area contributed by atoms with Crippen LogP contribution in [0.1, 0.15) is 64.5 Å². The Kier molecular flexibility index (Phi) is 9.90.